The monoisotopic (exact) mass is 826 g/mol. The van der Waals surface area contributed by atoms with Crippen LogP contribution in [0.1, 0.15) is 22.3 Å². The first-order chi connectivity index (χ1) is 32.3. The largest absolute Gasteiger partial charge is 0.310 e. The van der Waals surface area contributed by atoms with E-state index in [0.717, 1.165) is 22.7 Å². The fraction of sp³-hybridized carbons (Fsp3) is 0.0159. The zero-order valence-corrected chi connectivity index (χ0v) is 35.6. The highest BCUT2D eigenvalue weighted by atomic mass is 15.1. The first-order valence-electron chi connectivity index (χ1n) is 22.5. The van der Waals surface area contributed by atoms with Crippen LogP contribution < -0.4 is 4.90 Å². The van der Waals surface area contributed by atoms with E-state index in [1.807, 2.05) is 0 Å². The van der Waals surface area contributed by atoms with Gasteiger partial charge in [0.05, 0.1) is 22.1 Å². The summed E-state index contributed by atoms with van der Waals surface area (Å²) < 4.78 is 2.41. The Morgan fingerprint density at radius 2 is 0.877 bits per heavy atom. The Balaban J connectivity index is 0.995. The van der Waals surface area contributed by atoms with E-state index in [1.165, 1.54) is 87.9 Å². The van der Waals surface area contributed by atoms with Gasteiger partial charge in [0, 0.05) is 33.2 Å². The van der Waals surface area contributed by atoms with Crippen molar-refractivity contribution in [1.29, 1.82) is 0 Å². The van der Waals surface area contributed by atoms with E-state index in [2.05, 4.69) is 264 Å². The number of aromatic nitrogens is 1. The molecule has 65 heavy (non-hydrogen) atoms. The average molecular weight is 827 g/mol. The third-order valence-corrected chi connectivity index (χ3v) is 13.8. The minimum absolute atomic E-state index is 0.423. The molecule has 0 saturated carbocycles. The summed E-state index contributed by atoms with van der Waals surface area (Å²) in [4.78, 5) is 2.46. The molecule has 13 rings (SSSR count). The van der Waals surface area contributed by atoms with Crippen molar-refractivity contribution in [2.24, 2.45) is 0 Å². The molecule has 0 N–H and O–H groups in total. The zero-order chi connectivity index (χ0) is 42.9. The quantitative estimate of drug-likeness (QED) is 0.145. The van der Waals surface area contributed by atoms with E-state index in [9.17, 15) is 0 Å². The maximum atomic E-state index is 2.46. The van der Waals surface area contributed by atoms with Crippen LogP contribution >= 0.6 is 0 Å². The number of anilines is 3. The van der Waals surface area contributed by atoms with Crippen LogP contribution in [0.4, 0.5) is 17.1 Å². The molecule has 2 heteroatoms. The van der Waals surface area contributed by atoms with Crippen LogP contribution in [0.5, 0.6) is 0 Å². The van der Waals surface area contributed by atoms with Crippen LogP contribution in [-0.4, -0.2) is 4.57 Å². The molecule has 0 spiro atoms. The molecule has 0 aliphatic heterocycles. The van der Waals surface area contributed by atoms with E-state index in [4.69, 9.17) is 0 Å². The fourth-order valence-corrected chi connectivity index (χ4v) is 11.0. The Bertz CT molecular complexity index is 3720. The van der Waals surface area contributed by atoms with Gasteiger partial charge in [-0.25, -0.2) is 0 Å². The van der Waals surface area contributed by atoms with Crippen molar-refractivity contribution in [3.8, 4) is 27.9 Å². The van der Waals surface area contributed by atoms with Gasteiger partial charge in [0.2, 0.25) is 0 Å². The SMILES string of the molecule is c1ccc(-n2c3ccccc3c3ccc(N(c4ccc(-c5ccc6c(c5)-c5ccccc5C6(c5ccccc5)c5ccccc5)cc4)c4cc5ccccc5c5ccccc45)cc32)cc1. The van der Waals surface area contributed by atoms with E-state index in [-0.39, 0.29) is 0 Å². The predicted molar refractivity (Wildman–Crippen MR) is 273 cm³/mol. The van der Waals surface area contributed by atoms with Gasteiger partial charge >= 0.3 is 0 Å². The van der Waals surface area contributed by atoms with Gasteiger partial charge in [-0.15, -0.1) is 0 Å². The van der Waals surface area contributed by atoms with Gasteiger partial charge in [-0.3, -0.25) is 0 Å². The zero-order valence-electron chi connectivity index (χ0n) is 35.6. The topological polar surface area (TPSA) is 8.17 Å². The third kappa shape index (κ3) is 5.67. The molecule has 0 fully saturated rings. The third-order valence-electron chi connectivity index (χ3n) is 13.8. The second-order valence-corrected chi connectivity index (χ2v) is 17.2. The summed E-state index contributed by atoms with van der Waals surface area (Å²) in [5.41, 5.74) is 16.5. The van der Waals surface area contributed by atoms with Crippen LogP contribution in [0.15, 0.2) is 255 Å². The highest BCUT2D eigenvalue weighted by molar-refractivity contribution is 6.15. The lowest BCUT2D eigenvalue weighted by Crippen LogP contribution is -2.28. The number of fused-ring (bicyclic) bond motifs is 9. The molecule has 0 radical (unpaired) electrons. The van der Waals surface area contributed by atoms with E-state index in [1.54, 1.807) is 0 Å². The summed E-state index contributed by atoms with van der Waals surface area (Å²) in [6, 6.07) is 93.8. The molecular weight excluding hydrogens is 785 g/mol. The van der Waals surface area contributed by atoms with Crippen molar-refractivity contribution in [2.45, 2.75) is 5.41 Å². The molecule has 0 atom stereocenters. The maximum absolute atomic E-state index is 2.46. The van der Waals surface area contributed by atoms with Crippen molar-refractivity contribution in [1.82, 2.24) is 4.57 Å². The second-order valence-electron chi connectivity index (χ2n) is 17.2. The first-order valence-corrected chi connectivity index (χ1v) is 22.5. The van der Waals surface area contributed by atoms with Crippen molar-refractivity contribution >= 4 is 60.4 Å². The molecular formula is C63H42N2. The highest BCUT2D eigenvalue weighted by Gasteiger charge is 2.46. The van der Waals surface area contributed by atoms with Crippen molar-refractivity contribution in [2.75, 3.05) is 4.90 Å². The molecule has 1 aliphatic carbocycles. The van der Waals surface area contributed by atoms with Gasteiger partial charge in [0.1, 0.15) is 0 Å². The first kappa shape index (κ1) is 37.1. The van der Waals surface area contributed by atoms with E-state index < -0.39 is 5.41 Å². The van der Waals surface area contributed by atoms with Crippen LogP contribution in [0, 0.1) is 0 Å². The Morgan fingerprint density at radius 1 is 0.323 bits per heavy atom. The summed E-state index contributed by atoms with van der Waals surface area (Å²) >= 11 is 0. The molecule has 304 valence electrons. The number of hydrogen-bond acceptors (Lipinski definition) is 1. The molecule has 1 heterocycles. The minimum atomic E-state index is -0.423. The molecule has 12 aromatic rings. The molecule has 2 nitrogen and oxygen atoms in total. The van der Waals surface area contributed by atoms with Gasteiger partial charge in [-0.05, 0) is 115 Å². The number of benzene rings is 11. The van der Waals surface area contributed by atoms with Crippen molar-refractivity contribution in [3.05, 3.63) is 277 Å². The van der Waals surface area contributed by atoms with E-state index >= 15 is 0 Å². The summed E-state index contributed by atoms with van der Waals surface area (Å²) in [6.07, 6.45) is 0. The molecule has 0 amide bonds. The number of rotatable bonds is 7. The summed E-state index contributed by atoms with van der Waals surface area (Å²) in [7, 11) is 0. The van der Waals surface area contributed by atoms with Gasteiger partial charge in [-0.2, -0.15) is 0 Å². The molecule has 1 aliphatic rings. The molecule has 0 unspecified atom stereocenters. The lowest BCUT2D eigenvalue weighted by Gasteiger charge is -2.33. The van der Waals surface area contributed by atoms with Crippen LogP contribution in [0.25, 0.3) is 71.3 Å². The Hall–Kier alpha value is -8.46. The number of hydrogen-bond donors (Lipinski definition) is 0. The Kier molecular flexibility index (Phi) is 8.47. The minimum Gasteiger partial charge on any atom is -0.310 e. The molecule has 0 saturated heterocycles. The van der Waals surface area contributed by atoms with Crippen LogP contribution in [-0.2, 0) is 5.41 Å². The van der Waals surface area contributed by atoms with Gasteiger partial charge in [0.15, 0.2) is 0 Å². The van der Waals surface area contributed by atoms with Crippen molar-refractivity contribution in [3.63, 3.8) is 0 Å². The fourth-order valence-electron chi connectivity index (χ4n) is 11.0. The summed E-state index contributed by atoms with van der Waals surface area (Å²) in [6.45, 7) is 0. The van der Waals surface area contributed by atoms with E-state index in [0.29, 0.717) is 0 Å². The lowest BCUT2D eigenvalue weighted by atomic mass is 9.67. The Labute approximate surface area is 378 Å². The highest BCUT2D eigenvalue weighted by Crippen LogP contribution is 2.56. The standard InChI is InChI=1S/C63H42N2/c1-4-19-46(20-5-1)63(47-21-6-2-7-22-47)58-30-16-14-27-53(58)57-40-44(34-39-59(57)63)43-32-35-49(36-33-43)64(61-41-45-18-10-11-25-51(45)52-26-12-13-28-54(52)61)50-37-38-56-55-29-15-17-31-60(55)65(62(56)42-50)48-23-8-3-9-24-48/h1-42H. The Morgan fingerprint density at radius 3 is 1.63 bits per heavy atom. The molecule has 1 aromatic heterocycles. The second kappa shape index (κ2) is 14.8. The normalized spacial score (nSPS) is 12.7. The molecule has 0 bridgehead atoms. The smallest absolute Gasteiger partial charge is 0.0713 e. The average Bonchev–Trinajstić information content (AvgIpc) is 3.87. The number of nitrogens with zero attached hydrogens (tertiary/aromatic N) is 2. The van der Waals surface area contributed by atoms with Crippen LogP contribution in [0.2, 0.25) is 0 Å². The lowest BCUT2D eigenvalue weighted by molar-refractivity contribution is 0.768. The van der Waals surface area contributed by atoms with Crippen LogP contribution in [0.3, 0.4) is 0 Å². The van der Waals surface area contributed by atoms with Crippen molar-refractivity contribution < 1.29 is 0 Å². The summed E-state index contributed by atoms with van der Waals surface area (Å²) in [5.74, 6) is 0. The predicted octanol–water partition coefficient (Wildman–Crippen LogP) is 16.6. The maximum Gasteiger partial charge on any atom is 0.0713 e. The van der Waals surface area contributed by atoms with Gasteiger partial charge in [-0.1, -0.05) is 200 Å². The number of para-hydroxylation sites is 2. The molecule has 11 aromatic carbocycles. The van der Waals surface area contributed by atoms with Gasteiger partial charge < -0.3 is 9.47 Å². The summed E-state index contributed by atoms with van der Waals surface area (Å²) in [5, 5.41) is 7.38. The van der Waals surface area contributed by atoms with Gasteiger partial charge in [0.25, 0.3) is 0 Å².